The molecule has 0 fully saturated rings. The van der Waals surface area contributed by atoms with Gasteiger partial charge in [0, 0.05) is 19.6 Å². The van der Waals surface area contributed by atoms with E-state index in [1.54, 1.807) is 7.05 Å². The molecule has 0 atom stereocenters. The molecule has 0 heterocycles. The van der Waals surface area contributed by atoms with E-state index in [1.165, 1.54) is 0 Å². The van der Waals surface area contributed by atoms with Gasteiger partial charge in [-0.15, -0.1) is 0 Å². The standard InChI is InChI=1S/C15H31F3N2/c1-6-14(7-2,11-19-10-13(3)4)12-20(5)9-8-15(16,17)18/h13,19H,6-12H2,1-5H3. The maximum absolute atomic E-state index is 12.3. The summed E-state index contributed by atoms with van der Waals surface area (Å²) in [6.07, 6.45) is -2.84. The van der Waals surface area contributed by atoms with Crippen molar-refractivity contribution in [1.82, 2.24) is 10.2 Å². The average Bonchev–Trinajstić information content (AvgIpc) is 2.34. The SMILES string of the molecule is CCC(CC)(CNCC(C)C)CN(C)CCC(F)(F)F. The summed E-state index contributed by atoms with van der Waals surface area (Å²) in [6.45, 7) is 11.2. The van der Waals surface area contributed by atoms with Gasteiger partial charge in [0.05, 0.1) is 6.42 Å². The maximum Gasteiger partial charge on any atom is 0.390 e. The first kappa shape index (κ1) is 19.7. The molecule has 2 nitrogen and oxygen atoms in total. The van der Waals surface area contributed by atoms with Crippen LogP contribution >= 0.6 is 0 Å². The van der Waals surface area contributed by atoms with Gasteiger partial charge in [0.1, 0.15) is 0 Å². The van der Waals surface area contributed by atoms with Crippen LogP contribution in [0.15, 0.2) is 0 Å². The Kier molecular flexibility index (Phi) is 8.75. The third-order valence-electron chi connectivity index (χ3n) is 3.93. The van der Waals surface area contributed by atoms with E-state index in [0.717, 1.165) is 25.9 Å². The summed E-state index contributed by atoms with van der Waals surface area (Å²) in [4.78, 5) is 1.82. The molecule has 0 aliphatic rings. The van der Waals surface area contributed by atoms with Crippen molar-refractivity contribution in [2.45, 2.75) is 53.1 Å². The van der Waals surface area contributed by atoms with Crippen LogP contribution in [-0.4, -0.2) is 44.3 Å². The van der Waals surface area contributed by atoms with Crippen LogP contribution < -0.4 is 5.32 Å². The topological polar surface area (TPSA) is 15.3 Å². The second-order valence-corrected chi connectivity index (χ2v) is 6.33. The molecule has 0 aliphatic heterocycles. The molecule has 122 valence electrons. The highest BCUT2D eigenvalue weighted by Crippen LogP contribution is 2.27. The Hall–Kier alpha value is -0.290. The molecule has 0 spiro atoms. The van der Waals surface area contributed by atoms with Gasteiger partial charge >= 0.3 is 6.18 Å². The number of hydrogen-bond donors (Lipinski definition) is 1. The molecule has 0 radical (unpaired) electrons. The Labute approximate surface area is 122 Å². The van der Waals surface area contributed by atoms with Crippen molar-refractivity contribution in [2.24, 2.45) is 11.3 Å². The smallest absolute Gasteiger partial charge is 0.316 e. The van der Waals surface area contributed by atoms with E-state index < -0.39 is 12.6 Å². The monoisotopic (exact) mass is 296 g/mol. The van der Waals surface area contributed by atoms with Crippen LogP contribution in [0.4, 0.5) is 13.2 Å². The van der Waals surface area contributed by atoms with Gasteiger partial charge in [0.2, 0.25) is 0 Å². The Bertz CT molecular complexity index is 248. The van der Waals surface area contributed by atoms with Gasteiger partial charge < -0.3 is 10.2 Å². The minimum Gasteiger partial charge on any atom is -0.316 e. The fourth-order valence-electron chi connectivity index (χ4n) is 2.37. The van der Waals surface area contributed by atoms with Gasteiger partial charge in [-0.2, -0.15) is 13.2 Å². The Balaban J connectivity index is 4.35. The highest BCUT2D eigenvalue weighted by molar-refractivity contribution is 4.82. The van der Waals surface area contributed by atoms with Gasteiger partial charge in [0.25, 0.3) is 0 Å². The first-order valence-electron chi connectivity index (χ1n) is 7.60. The van der Waals surface area contributed by atoms with E-state index >= 15 is 0 Å². The van der Waals surface area contributed by atoms with Crippen LogP contribution in [-0.2, 0) is 0 Å². The summed E-state index contributed by atoms with van der Waals surface area (Å²) < 4.78 is 36.8. The Morgan fingerprint density at radius 3 is 2.05 bits per heavy atom. The molecule has 1 N–H and O–H groups in total. The minimum absolute atomic E-state index is 0.0647. The zero-order chi connectivity index (χ0) is 15.8. The van der Waals surface area contributed by atoms with Crippen molar-refractivity contribution in [3.8, 4) is 0 Å². The highest BCUT2D eigenvalue weighted by Gasteiger charge is 2.30. The number of alkyl halides is 3. The zero-order valence-corrected chi connectivity index (χ0v) is 13.6. The van der Waals surface area contributed by atoms with E-state index in [2.05, 4.69) is 33.0 Å². The number of nitrogens with zero attached hydrogens (tertiary/aromatic N) is 1. The summed E-state index contributed by atoms with van der Waals surface area (Å²) >= 11 is 0. The van der Waals surface area contributed by atoms with Crippen molar-refractivity contribution < 1.29 is 13.2 Å². The van der Waals surface area contributed by atoms with E-state index in [-0.39, 0.29) is 12.0 Å². The fraction of sp³-hybridized carbons (Fsp3) is 1.00. The zero-order valence-electron chi connectivity index (χ0n) is 13.6. The molecular formula is C15H31F3N2. The largest absolute Gasteiger partial charge is 0.390 e. The summed E-state index contributed by atoms with van der Waals surface area (Å²) in [5.41, 5.74) is 0.0647. The molecule has 0 amide bonds. The Morgan fingerprint density at radius 1 is 1.10 bits per heavy atom. The number of hydrogen-bond acceptors (Lipinski definition) is 2. The lowest BCUT2D eigenvalue weighted by Crippen LogP contribution is -2.43. The van der Waals surface area contributed by atoms with Crippen molar-refractivity contribution in [3.05, 3.63) is 0 Å². The second-order valence-electron chi connectivity index (χ2n) is 6.33. The van der Waals surface area contributed by atoms with Crippen LogP contribution in [0.2, 0.25) is 0 Å². The molecule has 0 bridgehead atoms. The van der Waals surface area contributed by atoms with Crippen molar-refractivity contribution in [2.75, 3.05) is 33.2 Å². The molecule has 0 aromatic carbocycles. The van der Waals surface area contributed by atoms with Gasteiger partial charge in [-0.1, -0.05) is 27.7 Å². The van der Waals surface area contributed by atoms with E-state index in [9.17, 15) is 13.2 Å². The van der Waals surface area contributed by atoms with E-state index in [1.807, 2.05) is 4.90 Å². The number of rotatable bonds is 10. The van der Waals surface area contributed by atoms with E-state index in [0.29, 0.717) is 12.5 Å². The van der Waals surface area contributed by atoms with Crippen LogP contribution in [0.1, 0.15) is 47.0 Å². The number of halogens is 3. The van der Waals surface area contributed by atoms with Crippen LogP contribution in [0, 0.1) is 11.3 Å². The second kappa shape index (κ2) is 8.88. The first-order valence-corrected chi connectivity index (χ1v) is 7.60. The van der Waals surface area contributed by atoms with Crippen molar-refractivity contribution in [3.63, 3.8) is 0 Å². The molecule has 0 saturated carbocycles. The lowest BCUT2D eigenvalue weighted by atomic mass is 9.81. The summed E-state index contributed by atoms with van der Waals surface area (Å²) in [5, 5.41) is 3.46. The molecule has 0 saturated heterocycles. The lowest BCUT2D eigenvalue weighted by Gasteiger charge is -2.36. The summed E-state index contributed by atoms with van der Waals surface area (Å²) in [6, 6.07) is 0. The average molecular weight is 296 g/mol. The maximum atomic E-state index is 12.3. The third-order valence-corrected chi connectivity index (χ3v) is 3.93. The Morgan fingerprint density at radius 2 is 1.65 bits per heavy atom. The predicted molar refractivity (Wildman–Crippen MR) is 78.9 cm³/mol. The predicted octanol–water partition coefficient (Wildman–Crippen LogP) is 3.92. The van der Waals surface area contributed by atoms with Gasteiger partial charge in [-0.05, 0) is 37.8 Å². The first-order chi connectivity index (χ1) is 9.14. The van der Waals surface area contributed by atoms with Crippen LogP contribution in [0.25, 0.3) is 0 Å². The van der Waals surface area contributed by atoms with Gasteiger partial charge in [-0.25, -0.2) is 0 Å². The molecule has 0 unspecified atom stereocenters. The molecule has 5 heteroatoms. The molecular weight excluding hydrogens is 265 g/mol. The normalized spacial score (nSPS) is 13.5. The fourth-order valence-corrected chi connectivity index (χ4v) is 2.37. The van der Waals surface area contributed by atoms with Gasteiger partial charge in [-0.3, -0.25) is 0 Å². The lowest BCUT2D eigenvalue weighted by molar-refractivity contribution is -0.138. The minimum atomic E-state index is -4.06. The van der Waals surface area contributed by atoms with Gasteiger partial charge in [0.15, 0.2) is 0 Å². The molecule has 0 rings (SSSR count). The molecule has 0 aromatic rings. The van der Waals surface area contributed by atoms with Crippen LogP contribution in [0.5, 0.6) is 0 Å². The van der Waals surface area contributed by atoms with E-state index in [4.69, 9.17) is 0 Å². The third kappa shape index (κ3) is 8.80. The summed E-state index contributed by atoms with van der Waals surface area (Å²) in [7, 11) is 1.79. The van der Waals surface area contributed by atoms with Crippen LogP contribution in [0.3, 0.4) is 0 Å². The number of nitrogens with one attached hydrogen (secondary N) is 1. The summed E-state index contributed by atoms with van der Waals surface area (Å²) in [5.74, 6) is 0.587. The molecule has 0 aliphatic carbocycles. The quantitative estimate of drug-likeness (QED) is 0.657. The highest BCUT2D eigenvalue weighted by atomic mass is 19.4. The molecule has 0 aromatic heterocycles. The molecule has 20 heavy (non-hydrogen) atoms. The van der Waals surface area contributed by atoms with Crippen molar-refractivity contribution in [1.29, 1.82) is 0 Å². The van der Waals surface area contributed by atoms with Crippen molar-refractivity contribution >= 4 is 0 Å².